The SMILES string of the molecule is CCCC(=O)[C@H]1C(=O)O[C@@H](CC(=O)O)C1=O. The molecule has 1 fully saturated rings. The Kier molecular flexibility index (Phi) is 3.76. The van der Waals surface area contributed by atoms with Gasteiger partial charge in [-0.2, -0.15) is 0 Å². The van der Waals surface area contributed by atoms with Gasteiger partial charge in [-0.25, -0.2) is 0 Å². The number of ether oxygens (including phenoxy) is 1. The summed E-state index contributed by atoms with van der Waals surface area (Å²) >= 11 is 0. The highest BCUT2D eigenvalue weighted by atomic mass is 16.6. The molecule has 0 spiro atoms. The Morgan fingerprint density at radius 3 is 2.50 bits per heavy atom. The average Bonchev–Trinajstić information content (AvgIpc) is 2.41. The smallest absolute Gasteiger partial charge is 0.325 e. The highest BCUT2D eigenvalue weighted by molar-refractivity contribution is 6.22. The molecule has 0 aromatic rings. The van der Waals surface area contributed by atoms with Gasteiger partial charge in [-0.3, -0.25) is 19.2 Å². The van der Waals surface area contributed by atoms with Crippen LogP contribution in [-0.4, -0.2) is 34.7 Å². The molecule has 1 aliphatic heterocycles. The van der Waals surface area contributed by atoms with Crippen LogP contribution in [0.3, 0.4) is 0 Å². The van der Waals surface area contributed by atoms with E-state index in [0.717, 1.165) is 0 Å². The van der Waals surface area contributed by atoms with Gasteiger partial charge < -0.3 is 9.84 Å². The Hall–Kier alpha value is -1.72. The lowest BCUT2D eigenvalue weighted by molar-refractivity contribution is -0.149. The number of carbonyl (C=O) groups excluding carboxylic acids is 3. The highest BCUT2D eigenvalue weighted by Gasteiger charge is 2.47. The van der Waals surface area contributed by atoms with E-state index in [1.165, 1.54) is 0 Å². The third-order valence-electron chi connectivity index (χ3n) is 2.27. The van der Waals surface area contributed by atoms with Crippen LogP contribution in [0.4, 0.5) is 0 Å². The quantitative estimate of drug-likeness (QED) is 0.523. The molecule has 0 unspecified atom stereocenters. The minimum atomic E-state index is -1.41. The molecule has 1 N–H and O–H groups in total. The number of Topliss-reactive ketones (excluding diaryl/α,β-unsaturated/α-hetero) is 2. The van der Waals surface area contributed by atoms with Crippen LogP contribution in [0.1, 0.15) is 26.2 Å². The minimum Gasteiger partial charge on any atom is -0.481 e. The Labute approximate surface area is 91.6 Å². The van der Waals surface area contributed by atoms with Crippen LogP contribution in [0.5, 0.6) is 0 Å². The van der Waals surface area contributed by atoms with Crippen LogP contribution in [0.25, 0.3) is 0 Å². The number of carboxylic acid groups (broad SMARTS) is 1. The molecule has 0 aromatic carbocycles. The summed E-state index contributed by atoms with van der Waals surface area (Å²) in [6.45, 7) is 1.75. The third-order valence-corrected chi connectivity index (χ3v) is 2.27. The minimum absolute atomic E-state index is 0.116. The molecule has 0 saturated carbocycles. The van der Waals surface area contributed by atoms with Crippen LogP contribution < -0.4 is 0 Å². The van der Waals surface area contributed by atoms with E-state index in [9.17, 15) is 19.2 Å². The zero-order chi connectivity index (χ0) is 12.3. The molecule has 0 amide bonds. The van der Waals surface area contributed by atoms with Crippen molar-refractivity contribution in [1.29, 1.82) is 0 Å². The van der Waals surface area contributed by atoms with Crippen molar-refractivity contribution >= 4 is 23.5 Å². The number of rotatable bonds is 5. The Morgan fingerprint density at radius 2 is 2.00 bits per heavy atom. The number of esters is 1. The van der Waals surface area contributed by atoms with E-state index >= 15 is 0 Å². The fourth-order valence-electron chi connectivity index (χ4n) is 1.55. The van der Waals surface area contributed by atoms with Crippen molar-refractivity contribution in [1.82, 2.24) is 0 Å². The standard InChI is InChI=1S/C10H12O6/c1-2-3-5(11)8-9(14)6(4-7(12)13)16-10(8)15/h6,8H,2-4H2,1H3,(H,12,13)/t6-,8+/m0/s1. The second-order valence-electron chi connectivity index (χ2n) is 3.58. The first-order chi connectivity index (χ1) is 7.47. The second kappa shape index (κ2) is 4.87. The first kappa shape index (κ1) is 12.4. The van der Waals surface area contributed by atoms with Crippen LogP contribution in [-0.2, 0) is 23.9 Å². The summed E-state index contributed by atoms with van der Waals surface area (Å²) in [5, 5.41) is 8.48. The molecular formula is C10H12O6. The van der Waals surface area contributed by atoms with Gasteiger partial charge in [0.05, 0.1) is 6.42 Å². The largest absolute Gasteiger partial charge is 0.481 e. The van der Waals surface area contributed by atoms with Gasteiger partial charge in [0.25, 0.3) is 0 Å². The number of ketones is 2. The molecule has 1 heterocycles. The van der Waals surface area contributed by atoms with Crippen LogP contribution in [0, 0.1) is 5.92 Å². The lowest BCUT2D eigenvalue weighted by atomic mass is 9.95. The summed E-state index contributed by atoms with van der Waals surface area (Å²) in [4.78, 5) is 44.6. The highest BCUT2D eigenvalue weighted by Crippen LogP contribution is 2.22. The Morgan fingerprint density at radius 1 is 1.38 bits per heavy atom. The summed E-state index contributed by atoms with van der Waals surface area (Å²) in [6, 6.07) is 0. The molecule has 1 aliphatic rings. The number of hydrogen-bond donors (Lipinski definition) is 1. The molecule has 1 saturated heterocycles. The van der Waals surface area contributed by atoms with Gasteiger partial charge in [0.2, 0.25) is 0 Å². The molecular weight excluding hydrogens is 216 g/mol. The van der Waals surface area contributed by atoms with E-state index in [2.05, 4.69) is 4.74 Å². The van der Waals surface area contributed by atoms with Gasteiger partial charge in [0, 0.05) is 6.42 Å². The molecule has 16 heavy (non-hydrogen) atoms. The molecule has 0 radical (unpaired) electrons. The van der Waals surface area contributed by atoms with E-state index < -0.39 is 41.9 Å². The fraction of sp³-hybridized carbons (Fsp3) is 0.600. The molecule has 6 heteroatoms. The molecule has 2 atom stereocenters. The third kappa shape index (κ3) is 2.44. The van der Waals surface area contributed by atoms with Crippen molar-refractivity contribution in [2.45, 2.75) is 32.3 Å². The number of carboxylic acids is 1. The van der Waals surface area contributed by atoms with E-state index in [1.807, 2.05) is 0 Å². The number of hydrogen-bond acceptors (Lipinski definition) is 5. The van der Waals surface area contributed by atoms with Gasteiger partial charge in [0.15, 0.2) is 23.6 Å². The first-order valence-electron chi connectivity index (χ1n) is 4.96. The monoisotopic (exact) mass is 228 g/mol. The molecule has 0 bridgehead atoms. The first-order valence-corrected chi connectivity index (χ1v) is 4.96. The van der Waals surface area contributed by atoms with Crippen molar-refractivity contribution in [3.63, 3.8) is 0 Å². The number of aliphatic carboxylic acids is 1. The molecule has 0 aliphatic carbocycles. The van der Waals surface area contributed by atoms with Crippen LogP contribution in [0.2, 0.25) is 0 Å². The Bertz CT molecular complexity index is 345. The van der Waals surface area contributed by atoms with Gasteiger partial charge in [0.1, 0.15) is 0 Å². The lowest BCUT2D eigenvalue weighted by Crippen LogP contribution is -2.28. The topological polar surface area (TPSA) is 97.7 Å². The average molecular weight is 228 g/mol. The Balaban J connectivity index is 2.74. The summed E-state index contributed by atoms with van der Waals surface area (Å²) in [7, 11) is 0. The van der Waals surface area contributed by atoms with Gasteiger partial charge in [-0.1, -0.05) is 6.92 Å². The van der Waals surface area contributed by atoms with Gasteiger partial charge >= 0.3 is 11.9 Å². The zero-order valence-corrected chi connectivity index (χ0v) is 8.76. The number of carbonyl (C=O) groups is 4. The summed E-state index contributed by atoms with van der Waals surface area (Å²) in [5.74, 6) is -4.80. The number of cyclic esters (lactones) is 1. The van der Waals surface area contributed by atoms with Crippen molar-refractivity contribution < 1.29 is 29.0 Å². The van der Waals surface area contributed by atoms with Crippen molar-refractivity contribution in [2.75, 3.05) is 0 Å². The van der Waals surface area contributed by atoms with E-state index in [-0.39, 0.29) is 6.42 Å². The second-order valence-corrected chi connectivity index (χ2v) is 3.58. The summed E-state index contributed by atoms with van der Waals surface area (Å²) in [6.07, 6.45) is -1.25. The maximum atomic E-state index is 11.5. The maximum Gasteiger partial charge on any atom is 0.325 e. The van der Waals surface area contributed by atoms with Gasteiger partial charge in [-0.15, -0.1) is 0 Å². The lowest BCUT2D eigenvalue weighted by Gasteiger charge is -2.02. The summed E-state index contributed by atoms with van der Waals surface area (Å²) < 4.78 is 4.57. The van der Waals surface area contributed by atoms with Crippen molar-refractivity contribution in [3.05, 3.63) is 0 Å². The van der Waals surface area contributed by atoms with Crippen molar-refractivity contribution in [3.8, 4) is 0 Å². The van der Waals surface area contributed by atoms with Crippen LogP contribution in [0.15, 0.2) is 0 Å². The molecule has 1 rings (SSSR count). The van der Waals surface area contributed by atoms with Crippen LogP contribution >= 0.6 is 0 Å². The van der Waals surface area contributed by atoms with Crippen molar-refractivity contribution in [2.24, 2.45) is 5.92 Å². The summed E-state index contributed by atoms with van der Waals surface area (Å²) in [5.41, 5.74) is 0. The molecule has 88 valence electrons. The predicted molar refractivity (Wildman–Crippen MR) is 50.5 cm³/mol. The van der Waals surface area contributed by atoms with E-state index in [1.54, 1.807) is 6.92 Å². The zero-order valence-electron chi connectivity index (χ0n) is 8.76. The fourth-order valence-corrected chi connectivity index (χ4v) is 1.55. The molecule has 6 nitrogen and oxygen atoms in total. The maximum absolute atomic E-state index is 11.5. The van der Waals surface area contributed by atoms with E-state index in [4.69, 9.17) is 5.11 Å². The predicted octanol–water partition coefficient (Wildman–Crippen LogP) is -0.0590. The van der Waals surface area contributed by atoms with E-state index in [0.29, 0.717) is 6.42 Å². The van der Waals surface area contributed by atoms with Gasteiger partial charge in [-0.05, 0) is 6.42 Å². The molecule has 0 aromatic heterocycles. The normalized spacial score (nSPS) is 24.3.